The number of esters is 1. The Balaban J connectivity index is 1.80. The van der Waals surface area contributed by atoms with Gasteiger partial charge in [-0.25, -0.2) is 9.18 Å². The summed E-state index contributed by atoms with van der Waals surface area (Å²) in [6.45, 7) is 5.63. The summed E-state index contributed by atoms with van der Waals surface area (Å²) in [6.07, 6.45) is 0.957. The summed E-state index contributed by atoms with van der Waals surface area (Å²) in [7, 11) is 2.75. The van der Waals surface area contributed by atoms with Crippen LogP contribution in [0.4, 0.5) is 10.1 Å². The van der Waals surface area contributed by atoms with Crippen LogP contribution in [0.2, 0.25) is 0 Å². The van der Waals surface area contributed by atoms with Crippen LogP contribution in [0.5, 0.6) is 11.5 Å². The van der Waals surface area contributed by atoms with Gasteiger partial charge in [0.25, 0.3) is 0 Å². The molecule has 2 aliphatic rings. The minimum atomic E-state index is -0.699. The fraction of sp³-hybridized carbons (Fsp3) is 0.357. The first kappa shape index (κ1) is 26.8. The number of rotatable bonds is 7. The largest absolute Gasteiger partial charge is 0.496 e. The molecule has 2 aromatic rings. The highest BCUT2D eigenvalue weighted by Crippen LogP contribution is 2.47. The Kier molecular flexibility index (Phi) is 7.26. The molecule has 0 bridgehead atoms. The second-order valence-corrected chi connectivity index (χ2v) is 10.2. The molecule has 0 aromatic heterocycles. The van der Waals surface area contributed by atoms with Gasteiger partial charge in [-0.05, 0) is 42.5 Å². The monoisotopic (exact) mass is 524 g/mol. The number of allylic oxidation sites excluding steroid dienone is 3. The van der Waals surface area contributed by atoms with Crippen LogP contribution in [0.3, 0.4) is 0 Å². The Bertz CT molecular complexity index is 1390. The highest BCUT2D eigenvalue weighted by molar-refractivity contribution is 6.04. The molecule has 1 aliphatic carbocycles. The molecule has 1 N–H and O–H groups in total. The van der Waals surface area contributed by atoms with Crippen LogP contribution < -0.4 is 14.8 Å². The van der Waals surface area contributed by atoms with Gasteiger partial charge in [0.1, 0.15) is 18.2 Å². The van der Waals surface area contributed by atoms with Gasteiger partial charge in [-0.3, -0.25) is 14.9 Å². The van der Waals surface area contributed by atoms with Gasteiger partial charge in [0.05, 0.1) is 24.7 Å². The van der Waals surface area contributed by atoms with Crippen molar-refractivity contribution in [2.45, 2.75) is 46.1 Å². The number of nitrogens with one attached hydrogen (secondary N) is 1. The van der Waals surface area contributed by atoms with Crippen molar-refractivity contribution in [1.82, 2.24) is 5.32 Å². The number of nitrogens with zero attached hydrogens (tertiary/aromatic N) is 1. The normalized spacial score (nSPS) is 18.5. The number of hydrogen-bond donors (Lipinski definition) is 1. The molecule has 1 heterocycles. The SMILES string of the molecule is COC(=O)C1=C(C)NC2=C(C(=O)CC(C)(C)C2)[C@H]1c1ccc(OC)c(COc2cc(F)ccc2[N+](=O)[O-])c1. The number of ketones is 1. The predicted octanol–water partition coefficient (Wildman–Crippen LogP) is 5.10. The van der Waals surface area contributed by atoms with E-state index in [0.29, 0.717) is 46.6 Å². The highest BCUT2D eigenvalue weighted by atomic mass is 19.1. The topological polar surface area (TPSA) is 117 Å². The minimum Gasteiger partial charge on any atom is -0.496 e. The van der Waals surface area contributed by atoms with E-state index in [-0.39, 0.29) is 29.2 Å². The number of nitro groups is 1. The van der Waals surface area contributed by atoms with Crippen LogP contribution in [-0.4, -0.2) is 30.9 Å². The maximum Gasteiger partial charge on any atom is 0.336 e. The first-order valence-electron chi connectivity index (χ1n) is 12.0. The number of Topliss-reactive ketones (excluding diaryl/α,β-unsaturated/α-hetero) is 1. The standard InChI is InChI=1S/C28H29FN2O7/c1-15-24(27(33)37-5)25(26-19(30-15)12-28(2,3)13-21(26)32)16-6-9-22(36-4)17(10-16)14-38-23-11-18(29)7-8-20(23)31(34)35/h6-11,25,30H,12-14H2,1-5H3/t25-/m0/s1. The number of methoxy groups -OCH3 is 2. The average molecular weight is 525 g/mol. The zero-order chi connectivity index (χ0) is 27.8. The van der Waals surface area contributed by atoms with E-state index < -0.39 is 22.6 Å². The lowest BCUT2D eigenvalue weighted by Crippen LogP contribution is -2.38. The Morgan fingerprint density at radius 3 is 2.55 bits per heavy atom. The highest BCUT2D eigenvalue weighted by Gasteiger charge is 2.43. The molecule has 0 spiro atoms. The summed E-state index contributed by atoms with van der Waals surface area (Å²) in [5, 5.41) is 14.6. The zero-order valence-electron chi connectivity index (χ0n) is 21.8. The third kappa shape index (κ3) is 5.11. The molecule has 1 atom stereocenters. The van der Waals surface area contributed by atoms with Gasteiger partial charge in [0.2, 0.25) is 0 Å². The number of halogens is 1. The van der Waals surface area contributed by atoms with Gasteiger partial charge >= 0.3 is 11.7 Å². The van der Waals surface area contributed by atoms with Gasteiger partial charge in [0, 0.05) is 47.0 Å². The summed E-state index contributed by atoms with van der Waals surface area (Å²) in [4.78, 5) is 37.1. The summed E-state index contributed by atoms with van der Waals surface area (Å²) >= 11 is 0. The maximum absolute atomic E-state index is 13.8. The maximum atomic E-state index is 13.8. The fourth-order valence-corrected chi connectivity index (χ4v) is 5.15. The second-order valence-electron chi connectivity index (χ2n) is 10.2. The molecule has 2 aromatic carbocycles. The molecule has 0 fully saturated rings. The van der Waals surface area contributed by atoms with E-state index in [1.807, 2.05) is 13.8 Å². The van der Waals surface area contributed by atoms with Crippen LogP contribution in [0.25, 0.3) is 0 Å². The van der Waals surface area contributed by atoms with Gasteiger partial charge in [-0.15, -0.1) is 0 Å². The lowest BCUT2D eigenvalue weighted by atomic mass is 9.68. The van der Waals surface area contributed by atoms with Gasteiger partial charge in [-0.1, -0.05) is 19.9 Å². The summed E-state index contributed by atoms with van der Waals surface area (Å²) in [5.74, 6) is -1.81. The first-order chi connectivity index (χ1) is 18.0. The molecule has 10 heteroatoms. The number of hydrogen-bond acceptors (Lipinski definition) is 8. The molecule has 38 heavy (non-hydrogen) atoms. The summed E-state index contributed by atoms with van der Waals surface area (Å²) in [6, 6.07) is 8.14. The van der Waals surface area contributed by atoms with Crippen LogP contribution in [0.1, 0.15) is 50.7 Å². The van der Waals surface area contributed by atoms with Crippen molar-refractivity contribution in [3.63, 3.8) is 0 Å². The van der Waals surface area contributed by atoms with Crippen LogP contribution in [0.15, 0.2) is 58.9 Å². The number of benzene rings is 2. The molecule has 200 valence electrons. The number of carbonyl (C=O) groups is 2. The molecule has 0 unspecified atom stereocenters. The minimum absolute atomic E-state index is 0.0633. The Morgan fingerprint density at radius 2 is 1.89 bits per heavy atom. The zero-order valence-corrected chi connectivity index (χ0v) is 21.8. The van der Waals surface area contributed by atoms with Crippen LogP contribution >= 0.6 is 0 Å². The van der Waals surface area contributed by atoms with Crippen molar-refractivity contribution < 1.29 is 33.1 Å². The van der Waals surface area contributed by atoms with Crippen molar-refractivity contribution in [1.29, 1.82) is 0 Å². The van der Waals surface area contributed by atoms with Crippen molar-refractivity contribution in [3.05, 3.63) is 86.0 Å². The van der Waals surface area contributed by atoms with E-state index in [2.05, 4.69) is 5.32 Å². The first-order valence-corrected chi connectivity index (χ1v) is 12.0. The summed E-state index contributed by atoms with van der Waals surface area (Å²) < 4.78 is 30.0. The van der Waals surface area contributed by atoms with Crippen LogP contribution in [-0.2, 0) is 20.9 Å². The van der Waals surface area contributed by atoms with E-state index in [1.54, 1.807) is 25.1 Å². The molecule has 9 nitrogen and oxygen atoms in total. The molecule has 0 saturated carbocycles. The quantitative estimate of drug-likeness (QED) is 0.302. The lowest BCUT2D eigenvalue weighted by molar-refractivity contribution is -0.386. The molecular weight excluding hydrogens is 495 g/mol. The third-order valence-corrected chi connectivity index (χ3v) is 6.78. The number of nitro benzene ring substituents is 1. The van der Waals surface area contributed by atoms with E-state index in [0.717, 1.165) is 23.9 Å². The summed E-state index contributed by atoms with van der Waals surface area (Å²) in [5.41, 5.74) is 2.69. The molecule has 0 saturated heterocycles. The van der Waals surface area contributed by atoms with Crippen molar-refractivity contribution in [2.75, 3.05) is 14.2 Å². The van der Waals surface area contributed by atoms with Crippen LogP contribution in [0, 0.1) is 21.3 Å². The van der Waals surface area contributed by atoms with Gasteiger partial charge in [-0.2, -0.15) is 0 Å². The van der Waals surface area contributed by atoms with E-state index in [4.69, 9.17) is 14.2 Å². The Morgan fingerprint density at radius 1 is 1.16 bits per heavy atom. The predicted molar refractivity (Wildman–Crippen MR) is 136 cm³/mol. The van der Waals surface area contributed by atoms with E-state index >= 15 is 0 Å². The number of carbonyl (C=O) groups excluding carboxylic acids is 2. The van der Waals surface area contributed by atoms with E-state index in [1.165, 1.54) is 14.2 Å². The lowest BCUT2D eigenvalue weighted by Gasteiger charge is -2.39. The molecule has 0 amide bonds. The molecule has 4 rings (SSSR count). The van der Waals surface area contributed by atoms with Gasteiger partial charge in [0.15, 0.2) is 11.5 Å². The Hall–Kier alpha value is -4.21. The average Bonchev–Trinajstić information content (AvgIpc) is 2.85. The second kappa shape index (κ2) is 10.3. The van der Waals surface area contributed by atoms with Crippen molar-refractivity contribution in [3.8, 4) is 11.5 Å². The van der Waals surface area contributed by atoms with Crippen molar-refractivity contribution >= 4 is 17.4 Å². The number of ether oxygens (including phenoxy) is 3. The van der Waals surface area contributed by atoms with Gasteiger partial charge < -0.3 is 19.5 Å². The van der Waals surface area contributed by atoms with Crippen molar-refractivity contribution in [2.24, 2.45) is 5.41 Å². The molecular formula is C28H29FN2O7. The number of dihydropyridines is 1. The smallest absolute Gasteiger partial charge is 0.336 e. The molecule has 1 aliphatic heterocycles. The Labute approximate surface area is 219 Å². The molecule has 0 radical (unpaired) electrons. The fourth-order valence-electron chi connectivity index (χ4n) is 5.15. The van der Waals surface area contributed by atoms with E-state index in [9.17, 15) is 24.1 Å². The third-order valence-electron chi connectivity index (χ3n) is 6.78.